The topological polar surface area (TPSA) is 29.1 Å². The van der Waals surface area contributed by atoms with Crippen LogP contribution in [0.1, 0.15) is 24.5 Å². The van der Waals surface area contributed by atoms with E-state index < -0.39 is 0 Å². The van der Waals surface area contributed by atoms with Crippen LogP contribution in [0.3, 0.4) is 0 Å². The molecule has 0 fully saturated rings. The van der Waals surface area contributed by atoms with E-state index in [9.17, 15) is 4.79 Å². The number of halogens is 1. The summed E-state index contributed by atoms with van der Waals surface area (Å²) in [5, 5.41) is 3.70. The lowest BCUT2D eigenvalue weighted by molar-refractivity contribution is -0.120. The van der Waals surface area contributed by atoms with Crippen LogP contribution in [0.25, 0.3) is 0 Å². The van der Waals surface area contributed by atoms with Crippen molar-refractivity contribution in [2.75, 3.05) is 12.3 Å². The Labute approximate surface area is 164 Å². The Bertz CT molecular complexity index is 658. The molecule has 0 aliphatic rings. The first-order valence-corrected chi connectivity index (χ1v) is 10.8. The van der Waals surface area contributed by atoms with Crippen molar-refractivity contribution in [3.05, 3.63) is 64.7 Å². The van der Waals surface area contributed by atoms with Gasteiger partial charge in [-0.05, 0) is 43.2 Å². The summed E-state index contributed by atoms with van der Waals surface area (Å²) >= 11 is 9.34. The van der Waals surface area contributed by atoms with E-state index in [1.807, 2.05) is 43.0 Å². The van der Waals surface area contributed by atoms with Crippen molar-refractivity contribution in [1.82, 2.24) is 5.32 Å². The zero-order valence-corrected chi connectivity index (χ0v) is 17.0. The zero-order chi connectivity index (χ0) is 18.1. The van der Waals surface area contributed by atoms with Gasteiger partial charge in [0, 0.05) is 28.0 Å². The maximum absolute atomic E-state index is 12.3. The van der Waals surface area contributed by atoms with Gasteiger partial charge in [0.25, 0.3) is 0 Å². The molecule has 0 radical (unpaired) electrons. The molecule has 5 heteroatoms. The maximum Gasteiger partial charge on any atom is 0.233 e. The molecule has 2 rings (SSSR count). The number of benzene rings is 2. The van der Waals surface area contributed by atoms with Crippen molar-refractivity contribution < 1.29 is 4.79 Å². The molecule has 0 bridgehead atoms. The second-order valence-electron chi connectivity index (χ2n) is 5.80. The average molecular weight is 394 g/mol. The summed E-state index contributed by atoms with van der Waals surface area (Å²) in [6, 6.07) is 16.2. The highest BCUT2D eigenvalue weighted by Crippen LogP contribution is 2.26. The normalized spacial score (nSPS) is 12.0. The molecule has 0 heterocycles. The fraction of sp³-hybridized carbons (Fsp3) is 0.350. The highest BCUT2D eigenvalue weighted by Gasteiger charge is 2.17. The van der Waals surface area contributed by atoms with Crippen LogP contribution in [0.5, 0.6) is 0 Å². The van der Waals surface area contributed by atoms with Crippen LogP contribution < -0.4 is 5.32 Å². The fourth-order valence-corrected chi connectivity index (χ4v) is 4.16. The number of hydrogen-bond donors (Lipinski definition) is 1. The molecule has 134 valence electrons. The predicted octanol–water partition coefficient (Wildman–Crippen LogP) is 5.57. The Kier molecular flexibility index (Phi) is 8.73. The highest BCUT2D eigenvalue weighted by atomic mass is 35.5. The van der Waals surface area contributed by atoms with Gasteiger partial charge in [-0.25, -0.2) is 0 Å². The number of rotatable bonds is 9. The van der Waals surface area contributed by atoms with E-state index in [1.165, 1.54) is 11.1 Å². The molecule has 2 nitrogen and oxygen atoms in total. The quantitative estimate of drug-likeness (QED) is 0.446. The third-order valence-electron chi connectivity index (χ3n) is 3.69. The van der Waals surface area contributed by atoms with Gasteiger partial charge < -0.3 is 5.32 Å². The van der Waals surface area contributed by atoms with E-state index in [1.54, 1.807) is 11.8 Å². The van der Waals surface area contributed by atoms with Crippen LogP contribution in [-0.4, -0.2) is 23.5 Å². The van der Waals surface area contributed by atoms with Gasteiger partial charge in [0.1, 0.15) is 0 Å². The molecular formula is C20H24ClNOS2. The molecule has 0 saturated carbocycles. The first-order valence-electron chi connectivity index (χ1n) is 8.41. The molecule has 0 spiro atoms. The first-order chi connectivity index (χ1) is 12.1. The summed E-state index contributed by atoms with van der Waals surface area (Å²) in [5.74, 6) is 2.01. The molecule has 1 N–H and O–H groups in total. The second kappa shape index (κ2) is 10.8. The molecule has 0 aliphatic carbocycles. The van der Waals surface area contributed by atoms with Crippen LogP contribution in [0, 0.1) is 6.92 Å². The maximum atomic E-state index is 12.3. The molecule has 25 heavy (non-hydrogen) atoms. The van der Waals surface area contributed by atoms with E-state index >= 15 is 0 Å². The minimum absolute atomic E-state index is 0.0664. The number of thioether (sulfide) groups is 2. The largest absolute Gasteiger partial charge is 0.354 e. The fourth-order valence-electron chi connectivity index (χ4n) is 2.23. The van der Waals surface area contributed by atoms with Gasteiger partial charge in [-0.1, -0.05) is 48.4 Å². The van der Waals surface area contributed by atoms with Gasteiger partial charge in [-0.2, -0.15) is 11.8 Å². The number of carbonyl (C=O) groups is 1. The lowest BCUT2D eigenvalue weighted by Gasteiger charge is -2.14. The van der Waals surface area contributed by atoms with Gasteiger partial charge in [-0.3, -0.25) is 4.79 Å². The SMILES string of the molecule is CCC(Sc1ccc(Cl)cc1)C(=O)NCCSCc1ccc(C)cc1. The van der Waals surface area contributed by atoms with Crippen molar-refractivity contribution in [3.63, 3.8) is 0 Å². The van der Waals surface area contributed by atoms with Crippen molar-refractivity contribution in [1.29, 1.82) is 0 Å². The average Bonchev–Trinajstić information content (AvgIpc) is 2.62. The van der Waals surface area contributed by atoms with E-state index in [-0.39, 0.29) is 11.2 Å². The summed E-state index contributed by atoms with van der Waals surface area (Å²) in [6.45, 7) is 4.84. The standard InChI is InChI=1S/C20H24ClNOS2/c1-3-19(25-18-10-8-17(21)9-11-18)20(23)22-12-13-24-14-16-6-4-15(2)5-7-16/h4-11,19H,3,12-14H2,1-2H3,(H,22,23). The summed E-state index contributed by atoms with van der Waals surface area (Å²) in [7, 11) is 0. The predicted molar refractivity (Wildman–Crippen MR) is 112 cm³/mol. The number of nitrogens with one attached hydrogen (secondary N) is 1. The van der Waals surface area contributed by atoms with Gasteiger partial charge in [0.15, 0.2) is 0 Å². The number of aryl methyl sites for hydroxylation is 1. The second-order valence-corrected chi connectivity index (χ2v) is 8.62. The van der Waals surface area contributed by atoms with Gasteiger partial charge in [-0.15, -0.1) is 11.8 Å². The van der Waals surface area contributed by atoms with Crippen LogP contribution in [0.15, 0.2) is 53.4 Å². The highest BCUT2D eigenvalue weighted by molar-refractivity contribution is 8.00. The van der Waals surface area contributed by atoms with Crippen LogP contribution in [0.4, 0.5) is 0 Å². The Hall–Kier alpha value is -1.10. The van der Waals surface area contributed by atoms with Crippen molar-refractivity contribution in [2.45, 2.75) is 36.2 Å². The monoisotopic (exact) mass is 393 g/mol. The van der Waals surface area contributed by atoms with E-state index in [0.29, 0.717) is 11.6 Å². The summed E-state index contributed by atoms with van der Waals surface area (Å²) < 4.78 is 0. The molecule has 2 aromatic rings. The Morgan fingerprint density at radius 1 is 1.12 bits per heavy atom. The minimum Gasteiger partial charge on any atom is -0.354 e. The Balaban J connectivity index is 1.68. The van der Waals surface area contributed by atoms with Crippen LogP contribution in [-0.2, 0) is 10.5 Å². The first kappa shape index (κ1) is 20.2. The molecule has 1 amide bonds. The Morgan fingerprint density at radius 3 is 2.44 bits per heavy atom. The number of hydrogen-bond acceptors (Lipinski definition) is 3. The van der Waals surface area contributed by atoms with E-state index in [4.69, 9.17) is 11.6 Å². The lowest BCUT2D eigenvalue weighted by atomic mass is 10.2. The summed E-state index contributed by atoms with van der Waals surface area (Å²) in [6.07, 6.45) is 0.801. The number of amides is 1. The van der Waals surface area contributed by atoms with Crippen LogP contribution in [0.2, 0.25) is 5.02 Å². The summed E-state index contributed by atoms with van der Waals surface area (Å²) in [5.41, 5.74) is 2.61. The van der Waals surface area contributed by atoms with Gasteiger partial charge >= 0.3 is 0 Å². The van der Waals surface area contributed by atoms with Crippen molar-refractivity contribution in [3.8, 4) is 0 Å². The molecule has 0 aromatic heterocycles. The molecule has 2 aromatic carbocycles. The lowest BCUT2D eigenvalue weighted by Crippen LogP contribution is -2.33. The molecular weight excluding hydrogens is 370 g/mol. The van der Waals surface area contributed by atoms with E-state index in [0.717, 1.165) is 22.8 Å². The van der Waals surface area contributed by atoms with Crippen LogP contribution >= 0.6 is 35.1 Å². The number of carbonyl (C=O) groups excluding carboxylic acids is 1. The molecule has 1 atom stereocenters. The minimum atomic E-state index is -0.0664. The van der Waals surface area contributed by atoms with E-state index in [2.05, 4.69) is 36.5 Å². The molecule has 0 aliphatic heterocycles. The van der Waals surface area contributed by atoms with Crippen molar-refractivity contribution in [2.24, 2.45) is 0 Å². The van der Waals surface area contributed by atoms with Crippen molar-refractivity contribution >= 4 is 41.0 Å². The third kappa shape index (κ3) is 7.35. The summed E-state index contributed by atoms with van der Waals surface area (Å²) in [4.78, 5) is 13.4. The molecule has 1 unspecified atom stereocenters. The third-order valence-corrected chi connectivity index (χ3v) is 6.35. The zero-order valence-electron chi connectivity index (χ0n) is 14.6. The Morgan fingerprint density at radius 2 is 1.80 bits per heavy atom. The smallest absolute Gasteiger partial charge is 0.233 e. The van der Waals surface area contributed by atoms with Gasteiger partial charge in [0.2, 0.25) is 5.91 Å². The molecule has 0 saturated heterocycles. The van der Waals surface area contributed by atoms with Gasteiger partial charge in [0.05, 0.1) is 5.25 Å².